The van der Waals surface area contributed by atoms with Crippen molar-refractivity contribution in [3.8, 4) is 0 Å². The Labute approximate surface area is 216 Å². The van der Waals surface area contributed by atoms with Crippen LogP contribution in [0.2, 0.25) is 0 Å². The van der Waals surface area contributed by atoms with E-state index in [1.54, 1.807) is 30.3 Å². The van der Waals surface area contributed by atoms with Gasteiger partial charge in [-0.3, -0.25) is 19.4 Å². The van der Waals surface area contributed by atoms with E-state index in [-0.39, 0.29) is 44.4 Å². The van der Waals surface area contributed by atoms with E-state index in [0.717, 1.165) is 6.08 Å². The number of hydrogen-bond acceptors (Lipinski definition) is 6. The predicted molar refractivity (Wildman–Crippen MR) is 126 cm³/mol. The van der Waals surface area contributed by atoms with Gasteiger partial charge in [0.25, 0.3) is 11.8 Å². The van der Waals surface area contributed by atoms with E-state index in [0.29, 0.717) is 11.6 Å². The molecule has 12 heteroatoms. The van der Waals surface area contributed by atoms with Crippen molar-refractivity contribution in [2.45, 2.75) is 38.3 Å². The summed E-state index contributed by atoms with van der Waals surface area (Å²) in [5.41, 5.74) is -1.35. The normalized spacial score (nSPS) is 28.8. The van der Waals surface area contributed by atoms with Gasteiger partial charge in [0, 0.05) is 32.0 Å². The summed E-state index contributed by atoms with van der Waals surface area (Å²) in [6.07, 6.45) is 0.484. The zero-order chi connectivity index (χ0) is 27.2. The first-order chi connectivity index (χ1) is 18.0. The second kappa shape index (κ2) is 9.57. The van der Waals surface area contributed by atoms with Crippen molar-refractivity contribution in [3.63, 3.8) is 0 Å². The van der Waals surface area contributed by atoms with Gasteiger partial charge in [-0.05, 0) is 18.6 Å². The van der Waals surface area contributed by atoms with Crippen LogP contribution < -0.4 is 5.32 Å². The van der Waals surface area contributed by atoms with Gasteiger partial charge >= 0.3 is 0 Å². The molecule has 38 heavy (non-hydrogen) atoms. The smallest absolute Gasteiger partial charge is 0.276 e. The predicted octanol–water partition coefficient (Wildman–Crippen LogP) is 2.96. The van der Waals surface area contributed by atoms with Gasteiger partial charge < -0.3 is 15.0 Å². The maximum absolute atomic E-state index is 14.3. The highest BCUT2D eigenvalue weighted by atomic mass is 19.3. The summed E-state index contributed by atoms with van der Waals surface area (Å²) in [5.74, 6) is -7.59. The first kappa shape index (κ1) is 26.0. The zero-order valence-corrected chi connectivity index (χ0v) is 20.6. The van der Waals surface area contributed by atoms with E-state index in [4.69, 9.17) is 4.74 Å². The second-order valence-corrected chi connectivity index (χ2v) is 10.00. The molecule has 4 aliphatic rings. The summed E-state index contributed by atoms with van der Waals surface area (Å²) in [7, 11) is 0. The molecule has 3 aliphatic heterocycles. The van der Waals surface area contributed by atoms with E-state index in [2.05, 4.69) is 5.32 Å². The summed E-state index contributed by atoms with van der Waals surface area (Å²) in [5, 5.41) is 5.17. The van der Waals surface area contributed by atoms with Crippen LogP contribution in [0.4, 0.5) is 17.6 Å². The molecule has 1 aliphatic carbocycles. The van der Waals surface area contributed by atoms with Crippen LogP contribution in [0.25, 0.3) is 0 Å². The molecule has 2 amide bonds. The highest BCUT2D eigenvalue weighted by Gasteiger charge is 2.55. The van der Waals surface area contributed by atoms with Crippen LogP contribution in [0.3, 0.4) is 0 Å². The van der Waals surface area contributed by atoms with Gasteiger partial charge in [-0.25, -0.2) is 22.6 Å². The molecule has 202 valence electrons. The lowest BCUT2D eigenvalue weighted by atomic mass is 9.79. The van der Waals surface area contributed by atoms with Crippen LogP contribution >= 0.6 is 0 Å². The van der Waals surface area contributed by atoms with E-state index < -0.39 is 59.5 Å². The van der Waals surface area contributed by atoms with Crippen LogP contribution in [0, 0.1) is 5.41 Å². The van der Waals surface area contributed by atoms with Crippen molar-refractivity contribution in [1.82, 2.24) is 20.2 Å². The average molecular weight is 535 g/mol. The lowest BCUT2D eigenvalue weighted by molar-refractivity contribution is -0.175. The average Bonchev–Trinajstić information content (AvgIpc) is 3.19. The Balaban J connectivity index is 1.53. The number of ether oxygens (including phenoxy) is 1. The number of benzene rings is 1. The summed E-state index contributed by atoms with van der Waals surface area (Å²) in [6, 6.07) is 7.43. The van der Waals surface area contributed by atoms with E-state index in [1.807, 2.05) is 0 Å². The number of rotatable bonds is 5. The number of alkyl halides is 2. The molecule has 3 heterocycles. The van der Waals surface area contributed by atoms with Gasteiger partial charge in [-0.15, -0.1) is 0 Å². The third kappa shape index (κ3) is 4.68. The molecule has 2 saturated heterocycles. The Morgan fingerprint density at radius 2 is 1.84 bits per heavy atom. The molecule has 8 nitrogen and oxygen atoms in total. The number of hydrazine groups is 1. The number of hydrogen-bond donors (Lipinski definition) is 1. The number of carbonyl (C=O) groups is 3. The van der Waals surface area contributed by atoms with Crippen LogP contribution in [0.1, 0.15) is 25.3 Å². The molecule has 0 radical (unpaired) electrons. The fourth-order valence-electron chi connectivity index (χ4n) is 4.90. The topological polar surface area (TPSA) is 82.2 Å². The number of ketones is 1. The Bertz CT molecular complexity index is 1260. The molecular weight excluding hydrogens is 508 g/mol. The Morgan fingerprint density at radius 3 is 2.53 bits per heavy atom. The minimum Gasteiger partial charge on any atom is -0.483 e. The Kier molecular flexibility index (Phi) is 6.54. The van der Waals surface area contributed by atoms with Crippen molar-refractivity contribution >= 4 is 17.6 Å². The minimum atomic E-state index is -3.00. The molecule has 1 N–H and O–H groups in total. The van der Waals surface area contributed by atoms with Gasteiger partial charge in [0.15, 0.2) is 11.5 Å². The number of nitrogens with one attached hydrogen (secondary N) is 1. The van der Waals surface area contributed by atoms with Gasteiger partial charge in [-0.2, -0.15) is 0 Å². The summed E-state index contributed by atoms with van der Waals surface area (Å²) in [4.78, 5) is 41.9. The minimum absolute atomic E-state index is 0.00971. The van der Waals surface area contributed by atoms with Gasteiger partial charge in [-0.1, -0.05) is 30.3 Å². The summed E-state index contributed by atoms with van der Waals surface area (Å²) >= 11 is 0. The number of Topliss-reactive ketones (excluding diaryl/α,β-unsaturated/α-hetero) is 1. The molecule has 1 aromatic rings. The van der Waals surface area contributed by atoms with Gasteiger partial charge in [0.2, 0.25) is 11.7 Å². The molecule has 0 saturated carbocycles. The highest BCUT2D eigenvalue weighted by Crippen LogP contribution is 2.40. The first-order valence-corrected chi connectivity index (χ1v) is 12.2. The van der Waals surface area contributed by atoms with Crippen molar-refractivity contribution in [2.24, 2.45) is 5.41 Å². The van der Waals surface area contributed by atoms with E-state index >= 15 is 0 Å². The van der Waals surface area contributed by atoms with Crippen molar-refractivity contribution in [2.75, 3.05) is 26.3 Å². The number of nitrogens with zero attached hydrogens (tertiary/aromatic N) is 3. The van der Waals surface area contributed by atoms with E-state index in [1.165, 1.54) is 21.8 Å². The maximum atomic E-state index is 14.3. The third-order valence-corrected chi connectivity index (χ3v) is 7.21. The molecule has 2 bridgehead atoms. The quantitative estimate of drug-likeness (QED) is 0.462. The molecule has 0 spiro atoms. The van der Waals surface area contributed by atoms with Crippen LogP contribution in [-0.4, -0.2) is 70.8 Å². The Morgan fingerprint density at radius 1 is 1.13 bits per heavy atom. The molecular formula is C26H26F4N4O4. The second-order valence-electron chi connectivity index (χ2n) is 10.00. The lowest BCUT2D eigenvalue weighted by Gasteiger charge is -2.51. The molecule has 1 aromatic carbocycles. The monoisotopic (exact) mass is 534 g/mol. The van der Waals surface area contributed by atoms with Crippen LogP contribution in [0.5, 0.6) is 0 Å². The zero-order valence-electron chi connectivity index (χ0n) is 20.6. The SMILES string of the molecule is CC1(C(=O)NC2C=C(F)C=C2F)CN2C(=C(OCc3ccccc3)C1=O)C(=O)N1CCC(F)(F)CCN2C1. The number of allylic oxidation sites excluding steroid dienone is 3. The number of carbonyl (C=O) groups excluding carboxylic acids is 3. The first-order valence-electron chi connectivity index (χ1n) is 12.2. The van der Waals surface area contributed by atoms with Crippen molar-refractivity contribution in [3.05, 3.63) is 71.2 Å². The van der Waals surface area contributed by atoms with Crippen molar-refractivity contribution < 1.29 is 36.7 Å². The third-order valence-electron chi connectivity index (χ3n) is 7.21. The molecule has 2 fully saturated rings. The van der Waals surface area contributed by atoms with Gasteiger partial charge in [0.1, 0.15) is 29.7 Å². The molecule has 3 unspecified atom stereocenters. The van der Waals surface area contributed by atoms with Crippen LogP contribution in [0.15, 0.2) is 65.6 Å². The van der Waals surface area contributed by atoms with Crippen LogP contribution in [-0.2, 0) is 25.7 Å². The van der Waals surface area contributed by atoms with Crippen molar-refractivity contribution in [1.29, 1.82) is 0 Å². The summed E-state index contributed by atoms with van der Waals surface area (Å²) < 4.78 is 62.1. The standard InChI is InChI=1S/C26H26F4N4O4/c1-25(24(37)31-19-12-17(27)11-18(19)28)14-34-20(21(22(25)35)38-13-16-5-3-2-4-6-16)23(36)32-9-7-26(29,30)8-10-33(34)15-32/h2-6,11-12,19H,7-10,13-15H2,1H3,(H,31,37). The number of amides is 2. The largest absolute Gasteiger partial charge is 0.483 e. The molecule has 0 aromatic heterocycles. The Hall–Kier alpha value is -3.67. The van der Waals surface area contributed by atoms with Gasteiger partial charge in [0.05, 0.1) is 13.2 Å². The molecule has 3 atom stereocenters. The number of halogens is 4. The number of fused-ring (bicyclic) bond motifs is 4. The maximum Gasteiger partial charge on any atom is 0.276 e. The van der Waals surface area contributed by atoms with E-state index in [9.17, 15) is 31.9 Å². The lowest BCUT2D eigenvalue weighted by Crippen LogP contribution is -2.67. The fourth-order valence-corrected chi connectivity index (χ4v) is 4.90. The fraction of sp³-hybridized carbons (Fsp3) is 0.423. The summed E-state index contributed by atoms with van der Waals surface area (Å²) in [6.45, 7) is 0.454. The molecule has 5 rings (SSSR count). The highest BCUT2D eigenvalue weighted by molar-refractivity contribution is 6.17.